The second-order valence-electron chi connectivity index (χ2n) is 2.46. The Bertz CT molecular complexity index is 250. The molecule has 1 amide bonds. The number of hydrogen-bond donors (Lipinski definition) is 1. The maximum Gasteiger partial charge on any atom is 0.264 e. The minimum Gasteiger partial charge on any atom is -0.350 e. The molecule has 0 aromatic heterocycles. The van der Waals surface area contributed by atoms with E-state index in [4.69, 9.17) is 0 Å². The van der Waals surface area contributed by atoms with E-state index in [9.17, 15) is 13.2 Å². The van der Waals surface area contributed by atoms with Crippen LogP contribution in [0.4, 0.5) is 0 Å². The van der Waals surface area contributed by atoms with Crippen molar-refractivity contribution in [3.8, 4) is 0 Å². The molecule has 1 saturated heterocycles. The Kier molecular flexibility index (Phi) is 2.15. The van der Waals surface area contributed by atoms with Gasteiger partial charge in [-0.2, -0.15) is 8.42 Å². The molecular weight excluding hydrogens is 170 g/mol. The van der Waals surface area contributed by atoms with E-state index in [0.717, 1.165) is 6.26 Å². The average molecular weight is 179 g/mol. The molecule has 0 saturated carbocycles. The second-order valence-corrected chi connectivity index (χ2v) is 4.10. The van der Waals surface area contributed by atoms with Crippen molar-refractivity contribution in [1.82, 2.24) is 5.32 Å². The van der Waals surface area contributed by atoms with Crippen LogP contribution in [0.3, 0.4) is 0 Å². The summed E-state index contributed by atoms with van der Waals surface area (Å²) in [6.45, 7) is 0.0462. The van der Waals surface area contributed by atoms with Gasteiger partial charge in [-0.15, -0.1) is 0 Å². The third-order valence-corrected chi connectivity index (χ3v) is 1.84. The van der Waals surface area contributed by atoms with E-state index in [-0.39, 0.29) is 18.6 Å². The molecule has 1 atom stereocenters. The number of β-lactam (4-membered cyclic amide) rings is 1. The molecule has 0 aliphatic carbocycles. The zero-order valence-electron chi connectivity index (χ0n) is 6.03. The van der Waals surface area contributed by atoms with Gasteiger partial charge in [-0.1, -0.05) is 0 Å². The van der Waals surface area contributed by atoms with Gasteiger partial charge in [-0.3, -0.25) is 8.98 Å². The molecule has 1 rings (SSSR count). The van der Waals surface area contributed by atoms with Crippen LogP contribution in [0, 0.1) is 0 Å². The standard InChI is InChI=1S/C5H9NO4S/c1-11(8,9)10-3-4-2-5(7)6-4/h4H,2-3H2,1H3,(H,6,7)/t4-/m0/s1. The molecule has 11 heavy (non-hydrogen) atoms. The quantitative estimate of drug-likeness (QED) is 0.438. The van der Waals surface area contributed by atoms with Crippen molar-refractivity contribution in [3.05, 3.63) is 0 Å². The lowest BCUT2D eigenvalue weighted by molar-refractivity contribution is -0.128. The number of nitrogens with one attached hydrogen (secondary N) is 1. The van der Waals surface area contributed by atoms with Gasteiger partial charge < -0.3 is 5.32 Å². The van der Waals surface area contributed by atoms with Crippen LogP contribution < -0.4 is 5.32 Å². The normalized spacial score (nSPS) is 24.1. The Morgan fingerprint density at radius 1 is 1.73 bits per heavy atom. The zero-order chi connectivity index (χ0) is 8.48. The molecular formula is C5H9NO4S. The zero-order valence-corrected chi connectivity index (χ0v) is 6.85. The number of carbonyl (C=O) groups is 1. The van der Waals surface area contributed by atoms with Gasteiger partial charge in [0, 0.05) is 6.42 Å². The molecule has 1 heterocycles. The number of carbonyl (C=O) groups excluding carboxylic acids is 1. The molecule has 1 aliphatic heterocycles. The number of rotatable bonds is 3. The van der Waals surface area contributed by atoms with Gasteiger partial charge >= 0.3 is 0 Å². The van der Waals surface area contributed by atoms with Gasteiger partial charge in [0.1, 0.15) is 0 Å². The minimum atomic E-state index is -3.36. The summed E-state index contributed by atoms with van der Waals surface area (Å²) in [6.07, 6.45) is 1.34. The molecule has 6 heteroatoms. The van der Waals surface area contributed by atoms with E-state index >= 15 is 0 Å². The Balaban J connectivity index is 2.20. The Morgan fingerprint density at radius 2 is 2.27 bits per heavy atom. The molecule has 0 radical (unpaired) electrons. The van der Waals surface area contributed by atoms with Crippen LogP contribution >= 0.6 is 0 Å². The highest BCUT2D eigenvalue weighted by Gasteiger charge is 2.26. The van der Waals surface area contributed by atoms with E-state index in [1.165, 1.54) is 0 Å². The summed E-state index contributed by atoms with van der Waals surface area (Å²) < 4.78 is 25.3. The smallest absolute Gasteiger partial charge is 0.264 e. The molecule has 0 unspecified atom stereocenters. The first-order valence-electron chi connectivity index (χ1n) is 3.11. The van der Waals surface area contributed by atoms with Crippen molar-refractivity contribution in [2.45, 2.75) is 12.5 Å². The summed E-state index contributed by atoms with van der Waals surface area (Å²) in [5.41, 5.74) is 0. The SMILES string of the molecule is CS(=O)(=O)OC[C@@H]1CC(=O)N1. The molecule has 1 aliphatic rings. The first kappa shape index (κ1) is 8.48. The summed E-state index contributed by atoms with van der Waals surface area (Å²) in [4.78, 5) is 10.3. The third-order valence-electron chi connectivity index (χ3n) is 1.28. The van der Waals surface area contributed by atoms with Gasteiger partial charge in [-0.25, -0.2) is 0 Å². The van der Waals surface area contributed by atoms with Crippen molar-refractivity contribution in [3.63, 3.8) is 0 Å². The first-order chi connectivity index (χ1) is 4.97. The van der Waals surface area contributed by atoms with E-state index in [1.54, 1.807) is 0 Å². The summed E-state index contributed by atoms with van der Waals surface area (Å²) in [5, 5.41) is 2.49. The largest absolute Gasteiger partial charge is 0.350 e. The maximum absolute atomic E-state index is 10.4. The Morgan fingerprint density at radius 3 is 2.64 bits per heavy atom. The molecule has 1 N–H and O–H groups in total. The predicted octanol–water partition coefficient (Wildman–Crippen LogP) is -1.15. The number of amides is 1. The highest BCUT2D eigenvalue weighted by molar-refractivity contribution is 7.85. The van der Waals surface area contributed by atoms with Crippen LogP contribution in [0.5, 0.6) is 0 Å². The lowest BCUT2D eigenvalue weighted by Crippen LogP contribution is -2.51. The van der Waals surface area contributed by atoms with Crippen molar-refractivity contribution >= 4 is 16.0 Å². The highest BCUT2D eigenvalue weighted by atomic mass is 32.2. The monoisotopic (exact) mass is 179 g/mol. The molecule has 0 aromatic carbocycles. The molecule has 0 aromatic rings. The molecule has 0 spiro atoms. The van der Waals surface area contributed by atoms with Crippen LogP contribution in [0.1, 0.15) is 6.42 Å². The summed E-state index contributed by atoms with van der Waals surface area (Å²) in [6, 6.07) is -0.128. The second kappa shape index (κ2) is 2.78. The molecule has 0 bridgehead atoms. The average Bonchev–Trinajstić information content (AvgIpc) is 1.75. The van der Waals surface area contributed by atoms with E-state index in [2.05, 4.69) is 9.50 Å². The molecule has 1 fully saturated rings. The Labute approximate surface area is 64.9 Å². The summed E-state index contributed by atoms with van der Waals surface area (Å²) in [7, 11) is -3.36. The minimum absolute atomic E-state index is 0.0462. The van der Waals surface area contributed by atoms with E-state index in [0.29, 0.717) is 6.42 Å². The van der Waals surface area contributed by atoms with Crippen molar-refractivity contribution < 1.29 is 17.4 Å². The summed E-state index contributed by atoms with van der Waals surface area (Å²) >= 11 is 0. The van der Waals surface area contributed by atoms with Crippen LogP contribution in [-0.2, 0) is 19.1 Å². The van der Waals surface area contributed by atoms with Crippen LogP contribution in [-0.4, -0.2) is 33.2 Å². The van der Waals surface area contributed by atoms with Gasteiger partial charge in [0.25, 0.3) is 10.1 Å². The maximum atomic E-state index is 10.4. The van der Waals surface area contributed by atoms with Crippen molar-refractivity contribution in [2.24, 2.45) is 0 Å². The van der Waals surface area contributed by atoms with E-state index in [1.807, 2.05) is 0 Å². The van der Waals surface area contributed by atoms with Crippen molar-refractivity contribution in [2.75, 3.05) is 12.9 Å². The van der Waals surface area contributed by atoms with E-state index < -0.39 is 10.1 Å². The van der Waals surface area contributed by atoms with Gasteiger partial charge in [0.15, 0.2) is 0 Å². The van der Waals surface area contributed by atoms with Gasteiger partial charge in [-0.05, 0) is 0 Å². The lowest BCUT2D eigenvalue weighted by Gasteiger charge is -2.25. The fraction of sp³-hybridized carbons (Fsp3) is 0.800. The van der Waals surface area contributed by atoms with Crippen molar-refractivity contribution in [1.29, 1.82) is 0 Å². The highest BCUT2D eigenvalue weighted by Crippen LogP contribution is 2.04. The molecule has 64 valence electrons. The topological polar surface area (TPSA) is 72.5 Å². The van der Waals surface area contributed by atoms with Crippen LogP contribution in [0.25, 0.3) is 0 Å². The van der Waals surface area contributed by atoms with Gasteiger partial charge in [0.05, 0.1) is 18.9 Å². The fourth-order valence-corrected chi connectivity index (χ4v) is 1.15. The Hall–Kier alpha value is -0.620. The number of hydrogen-bond acceptors (Lipinski definition) is 4. The summed E-state index contributed by atoms with van der Waals surface area (Å²) in [5.74, 6) is -0.0629. The van der Waals surface area contributed by atoms with Crippen LogP contribution in [0.15, 0.2) is 0 Å². The third kappa shape index (κ3) is 2.85. The predicted molar refractivity (Wildman–Crippen MR) is 37.3 cm³/mol. The lowest BCUT2D eigenvalue weighted by atomic mass is 10.1. The fourth-order valence-electron chi connectivity index (χ4n) is 0.737. The molecule has 5 nitrogen and oxygen atoms in total. The first-order valence-corrected chi connectivity index (χ1v) is 4.93. The van der Waals surface area contributed by atoms with Gasteiger partial charge in [0.2, 0.25) is 5.91 Å². The van der Waals surface area contributed by atoms with Crippen LogP contribution in [0.2, 0.25) is 0 Å².